The van der Waals surface area contributed by atoms with Gasteiger partial charge >= 0.3 is 0 Å². The molecular formula is C18H23FN4. The summed E-state index contributed by atoms with van der Waals surface area (Å²) in [6.45, 7) is 7.52. The predicted molar refractivity (Wildman–Crippen MR) is 92.1 cm³/mol. The normalized spacial score (nSPS) is 13.4. The van der Waals surface area contributed by atoms with Gasteiger partial charge in [0, 0.05) is 43.3 Å². The molecule has 0 saturated carbocycles. The first-order valence-corrected chi connectivity index (χ1v) is 7.89. The lowest BCUT2D eigenvalue weighted by Gasteiger charge is -2.16. The third-order valence-electron chi connectivity index (χ3n) is 3.30. The first-order chi connectivity index (χ1) is 11.2. The molecule has 4 nitrogen and oxygen atoms in total. The molecule has 2 N–H and O–H groups in total. The minimum absolute atomic E-state index is 0.267. The van der Waals surface area contributed by atoms with Gasteiger partial charge in [-0.1, -0.05) is 26.3 Å². The van der Waals surface area contributed by atoms with Crippen molar-refractivity contribution in [2.45, 2.75) is 33.7 Å². The van der Waals surface area contributed by atoms with Crippen LogP contribution in [0.3, 0.4) is 0 Å². The van der Waals surface area contributed by atoms with Gasteiger partial charge < -0.3 is 10.6 Å². The second-order valence-electron chi connectivity index (χ2n) is 5.40. The molecule has 0 spiro atoms. The van der Waals surface area contributed by atoms with Crippen LogP contribution in [-0.2, 0) is 6.54 Å². The minimum Gasteiger partial charge on any atom is -0.386 e. The number of nitrogens with zero attached hydrogens (tertiary/aromatic N) is 2. The monoisotopic (exact) mass is 314 g/mol. The Bertz CT molecular complexity index is 722. The largest absolute Gasteiger partial charge is 0.386 e. The van der Waals surface area contributed by atoms with Crippen LogP contribution in [0.25, 0.3) is 11.0 Å². The fourth-order valence-electron chi connectivity index (χ4n) is 2.14. The number of halogens is 1. The molecule has 0 fully saturated rings. The van der Waals surface area contributed by atoms with Crippen molar-refractivity contribution in [3.63, 3.8) is 0 Å². The summed E-state index contributed by atoms with van der Waals surface area (Å²) in [5, 5.41) is 6.36. The van der Waals surface area contributed by atoms with E-state index in [0.717, 1.165) is 17.8 Å². The van der Waals surface area contributed by atoms with E-state index in [4.69, 9.17) is 0 Å². The zero-order chi connectivity index (χ0) is 16.7. The molecule has 2 heterocycles. The Labute approximate surface area is 136 Å². The van der Waals surface area contributed by atoms with E-state index in [2.05, 4.69) is 40.5 Å². The molecule has 0 radical (unpaired) electrons. The number of fused-ring (bicyclic) bond motifs is 1. The van der Waals surface area contributed by atoms with Crippen molar-refractivity contribution in [2.75, 3.05) is 6.54 Å². The van der Waals surface area contributed by atoms with E-state index < -0.39 is 0 Å². The quantitative estimate of drug-likeness (QED) is 0.907. The highest BCUT2D eigenvalue weighted by molar-refractivity contribution is 5.74. The molecule has 2 aromatic rings. The van der Waals surface area contributed by atoms with Gasteiger partial charge in [-0.25, -0.2) is 4.39 Å². The Hall–Kier alpha value is -2.43. The Morgan fingerprint density at radius 3 is 2.48 bits per heavy atom. The van der Waals surface area contributed by atoms with E-state index in [-0.39, 0.29) is 5.82 Å². The van der Waals surface area contributed by atoms with Crippen LogP contribution in [0.15, 0.2) is 48.1 Å². The molecule has 0 bridgehead atoms. The van der Waals surface area contributed by atoms with Crippen molar-refractivity contribution in [2.24, 2.45) is 0 Å². The van der Waals surface area contributed by atoms with E-state index in [0.29, 0.717) is 23.1 Å². The zero-order valence-corrected chi connectivity index (χ0v) is 13.9. The molecule has 0 amide bonds. The van der Waals surface area contributed by atoms with Crippen molar-refractivity contribution in [1.82, 2.24) is 20.6 Å². The van der Waals surface area contributed by atoms with E-state index in [9.17, 15) is 4.39 Å². The van der Waals surface area contributed by atoms with Gasteiger partial charge in [0.1, 0.15) is 5.82 Å². The van der Waals surface area contributed by atoms with Gasteiger partial charge in [-0.2, -0.15) is 0 Å². The smallest absolute Gasteiger partial charge is 0.130 e. The first kappa shape index (κ1) is 16.9. The summed E-state index contributed by atoms with van der Waals surface area (Å²) in [5.41, 5.74) is 3.99. The molecular weight excluding hydrogens is 291 g/mol. The number of aromatic nitrogens is 2. The van der Waals surface area contributed by atoms with Gasteiger partial charge in [-0.3, -0.25) is 9.97 Å². The molecule has 1 aromatic heterocycles. The fourth-order valence-corrected chi connectivity index (χ4v) is 2.14. The molecule has 3 rings (SSSR count). The SMILES string of the molecule is CC1=CCNC=C1NCc1cc2nccnc2cc1F.CCC. The topological polar surface area (TPSA) is 49.8 Å². The summed E-state index contributed by atoms with van der Waals surface area (Å²) in [6.07, 6.45) is 8.42. The van der Waals surface area contributed by atoms with Crippen LogP contribution < -0.4 is 10.6 Å². The summed E-state index contributed by atoms with van der Waals surface area (Å²) in [4.78, 5) is 8.29. The third kappa shape index (κ3) is 4.52. The molecule has 0 unspecified atom stereocenters. The van der Waals surface area contributed by atoms with Crippen molar-refractivity contribution < 1.29 is 4.39 Å². The van der Waals surface area contributed by atoms with Gasteiger partial charge in [0.15, 0.2) is 0 Å². The summed E-state index contributed by atoms with van der Waals surface area (Å²) >= 11 is 0. The number of rotatable bonds is 3. The van der Waals surface area contributed by atoms with Crippen LogP contribution in [0.2, 0.25) is 0 Å². The van der Waals surface area contributed by atoms with Crippen molar-refractivity contribution in [1.29, 1.82) is 0 Å². The van der Waals surface area contributed by atoms with Gasteiger partial charge in [-0.15, -0.1) is 0 Å². The highest BCUT2D eigenvalue weighted by Gasteiger charge is 2.08. The Morgan fingerprint density at radius 1 is 1.17 bits per heavy atom. The maximum absolute atomic E-state index is 14.0. The van der Waals surface area contributed by atoms with Gasteiger partial charge in [0.25, 0.3) is 0 Å². The van der Waals surface area contributed by atoms with Gasteiger partial charge in [-0.05, 0) is 18.6 Å². The van der Waals surface area contributed by atoms with Crippen molar-refractivity contribution in [3.05, 3.63) is 59.5 Å². The molecule has 5 heteroatoms. The minimum atomic E-state index is -0.267. The highest BCUT2D eigenvalue weighted by atomic mass is 19.1. The fraction of sp³-hybridized carbons (Fsp3) is 0.333. The standard InChI is InChI=1S/C15H15FN4.C3H8/c1-10-2-3-17-9-15(10)20-8-11-6-13-14(7-12(11)16)19-5-4-18-13;1-3-2/h2,4-7,9,17,20H,3,8H2,1H3;3H2,1-2H3. The number of hydrogen-bond donors (Lipinski definition) is 2. The van der Waals surface area contributed by atoms with Crippen LogP contribution in [0.5, 0.6) is 0 Å². The number of nitrogens with one attached hydrogen (secondary N) is 2. The third-order valence-corrected chi connectivity index (χ3v) is 3.30. The van der Waals surface area contributed by atoms with Crippen LogP contribution in [0.1, 0.15) is 32.8 Å². The average molecular weight is 314 g/mol. The Balaban J connectivity index is 0.000000595. The summed E-state index contributed by atoms with van der Waals surface area (Å²) in [5.74, 6) is -0.267. The number of allylic oxidation sites excluding steroid dienone is 1. The van der Waals surface area contributed by atoms with Crippen LogP contribution in [0, 0.1) is 5.82 Å². The molecule has 0 atom stereocenters. The second-order valence-corrected chi connectivity index (χ2v) is 5.40. The zero-order valence-electron chi connectivity index (χ0n) is 13.9. The van der Waals surface area contributed by atoms with Crippen LogP contribution in [-0.4, -0.2) is 16.5 Å². The summed E-state index contributed by atoms with van der Waals surface area (Å²) < 4.78 is 14.0. The molecule has 0 aliphatic carbocycles. The molecule has 0 saturated heterocycles. The molecule has 23 heavy (non-hydrogen) atoms. The highest BCUT2D eigenvalue weighted by Crippen LogP contribution is 2.16. The first-order valence-electron chi connectivity index (χ1n) is 7.89. The van der Waals surface area contributed by atoms with Crippen molar-refractivity contribution in [3.8, 4) is 0 Å². The molecule has 1 aliphatic heterocycles. The Morgan fingerprint density at radius 2 is 1.83 bits per heavy atom. The maximum atomic E-state index is 14.0. The average Bonchev–Trinajstić information content (AvgIpc) is 2.55. The lowest BCUT2D eigenvalue weighted by molar-refractivity contribution is 0.602. The summed E-state index contributed by atoms with van der Waals surface area (Å²) in [7, 11) is 0. The van der Waals surface area contributed by atoms with E-state index >= 15 is 0 Å². The summed E-state index contributed by atoms with van der Waals surface area (Å²) in [6, 6.07) is 3.16. The van der Waals surface area contributed by atoms with Gasteiger partial charge in [0.2, 0.25) is 0 Å². The van der Waals surface area contributed by atoms with E-state index in [1.807, 2.05) is 13.1 Å². The van der Waals surface area contributed by atoms with Gasteiger partial charge in [0.05, 0.1) is 16.7 Å². The maximum Gasteiger partial charge on any atom is 0.130 e. The lowest BCUT2D eigenvalue weighted by Crippen LogP contribution is -2.22. The molecule has 1 aromatic carbocycles. The number of hydrogen-bond acceptors (Lipinski definition) is 4. The Kier molecular flexibility index (Phi) is 6.09. The van der Waals surface area contributed by atoms with Crippen LogP contribution >= 0.6 is 0 Å². The lowest BCUT2D eigenvalue weighted by atomic mass is 10.1. The number of dihydropyridines is 1. The van der Waals surface area contributed by atoms with E-state index in [1.54, 1.807) is 18.5 Å². The number of benzene rings is 1. The second kappa shape index (κ2) is 8.27. The van der Waals surface area contributed by atoms with Crippen LogP contribution in [0.4, 0.5) is 4.39 Å². The predicted octanol–water partition coefficient (Wildman–Crippen LogP) is 3.67. The van der Waals surface area contributed by atoms with E-state index in [1.165, 1.54) is 12.5 Å². The molecule has 1 aliphatic rings. The molecule has 122 valence electrons. The van der Waals surface area contributed by atoms with Crippen molar-refractivity contribution >= 4 is 11.0 Å².